The van der Waals surface area contributed by atoms with Crippen LogP contribution >= 0.6 is 15.9 Å². The van der Waals surface area contributed by atoms with Crippen LogP contribution in [0.2, 0.25) is 0 Å². The zero-order valence-electron chi connectivity index (χ0n) is 9.04. The van der Waals surface area contributed by atoms with Gasteiger partial charge in [0.15, 0.2) is 0 Å². The molecular weight excluding hydrogens is 270 g/mol. The van der Waals surface area contributed by atoms with Crippen molar-refractivity contribution < 1.29 is 4.74 Å². The van der Waals surface area contributed by atoms with Crippen LogP contribution in [-0.4, -0.2) is 17.1 Å². The Labute approximate surface area is 102 Å². The molecule has 0 atom stereocenters. The Morgan fingerprint density at radius 2 is 2.25 bits per heavy atom. The number of halogens is 1. The van der Waals surface area contributed by atoms with Gasteiger partial charge >= 0.3 is 0 Å². The van der Waals surface area contributed by atoms with E-state index < -0.39 is 0 Å². The van der Waals surface area contributed by atoms with E-state index in [-0.39, 0.29) is 0 Å². The highest BCUT2D eigenvalue weighted by atomic mass is 79.9. The van der Waals surface area contributed by atoms with Crippen molar-refractivity contribution in [1.82, 2.24) is 9.97 Å². The number of hydrogen-bond acceptors (Lipinski definition) is 3. The largest absolute Gasteiger partial charge is 0.496 e. The lowest BCUT2D eigenvalue weighted by atomic mass is 10.3. The van der Waals surface area contributed by atoms with Crippen LogP contribution in [0.1, 0.15) is 5.69 Å². The van der Waals surface area contributed by atoms with Crippen molar-refractivity contribution in [3.05, 3.63) is 34.6 Å². The third-order valence-electron chi connectivity index (χ3n) is 2.12. The fourth-order valence-corrected chi connectivity index (χ4v) is 1.90. The number of nitrogens with one attached hydrogen (secondary N) is 2. The van der Waals surface area contributed by atoms with E-state index in [0.717, 1.165) is 27.6 Å². The number of anilines is 2. The molecule has 0 amide bonds. The fraction of sp³-hybridized carbons (Fsp3) is 0.182. The molecule has 0 saturated heterocycles. The standard InChI is InChI=1S/C11H12BrN3O/c1-7-6-13-11(14-7)15-8-3-4-10(16-2)9(12)5-8/h3-6H,1-2H3,(H2,13,14,15). The molecule has 1 heterocycles. The third-order valence-corrected chi connectivity index (χ3v) is 2.74. The molecule has 0 fully saturated rings. The molecule has 0 bridgehead atoms. The first-order valence-corrected chi connectivity index (χ1v) is 5.60. The highest BCUT2D eigenvalue weighted by Gasteiger charge is 2.02. The van der Waals surface area contributed by atoms with Crippen LogP contribution in [0.15, 0.2) is 28.9 Å². The molecule has 0 aliphatic carbocycles. The molecule has 0 aliphatic rings. The van der Waals surface area contributed by atoms with Gasteiger partial charge in [0.1, 0.15) is 5.75 Å². The number of H-pyrrole nitrogens is 1. The molecule has 2 rings (SSSR count). The van der Waals surface area contributed by atoms with Crippen LogP contribution in [0.5, 0.6) is 5.75 Å². The van der Waals surface area contributed by atoms with Gasteiger partial charge in [-0.2, -0.15) is 0 Å². The summed E-state index contributed by atoms with van der Waals surface area (Å²) in [5, 5.41) is 3.16. The molecule has 0 aliphatic heterocycles. The molecule has 0 unspecified atom stereocenters. The Kier molecular flexibility index (Phi) is 3.14. The predicted octanol–water partition coefficient (Wildman–Crippen LogP) is 3.23. The van der Waals surface area contributed by atoms with Gasteiger partial charge in [0, 0.05) is 17.6 Å². The van der Waals surface area contributed by atoms with Crippen LogP contribution in [-0.2, 0) is 0 Å². The highest BCUT2D eigenvalue weighted by Crippen LogP contribution is 2.28. The minimum atomic E-state index is 0.731. The van der Waals surface area contributed by atoms with Gasteiger partial charge in [-0.3, -0.25) is 0 Å². The Morgan fingerprint density at radius 1 is 1.44 bits per heavy atom. The first-order valence-electron chi connectivity index (χ1n) is 4.81. The molecule has 16 heavy (non-hydrogen) atoms. The van der Waals surface area contributed by atoms with E-state index in [1.54, 1.807) is 13.3 Å². The van der Waals surface area contributed by atoms with Gasteiger partial charge in [-0.15, -0.1) is 0 Å². The van der Waals surface area contributed by atoms with E-state index in [4.69, 9.17) is 4.74 Å². The first kappa shape index (κ1) is 11.0. The van der Waals surface area contributed by atoms with E-state index in [1.807, 2.05) is 25.1 Å². The van der Waals surface area contributed by atoms with Gasteiger partial charge in [0.25, 0.3) is 0 Å². The van der Waals surface area contributed by atoms with Crippen molar-refractivity contribution in [3.63, 3.8) is 0 Å². The van der Waals surface area contributed by atoms with E-state index in [9.17, 15) is 0 Å². The maximum absolute atomic E-state index is 5.16. The van der Waals surface area contributed by atoms with Gasteiger partial charge in [0.05, 0.1) is 11.6 Å². The molecule has 1 aromatic carbocycles. The zero-order chi connectivity index (χ0) is 11.5. The van der Waals surface area contributed by atoms with Crippen LogP contribution in [0.3, 0.4) is 0 Å². The molecule has 1 aromatic heterocycles. The van der Waals surface area contributed by atoms with Crippen molar-refractivity contribution in [2.75, 3.05) is 12.4 Å². The van der Waals surface area contributed by atoms with Gasteiger partial charge in [-0.05, 0) is 41.1 Å². The summed E-state index contributed by atoms with van der Waals surface area (Å²) in [6.45, 7) is 1.96. The molecule has 0 spiro atoms. The van der Waals surface area contributed by atoms with Crippen LogP contribution < -0.4 is 10.1 Å². The molecule has 5 heteroatoms. The summed E-state index contributed by atoms with van der Waals surface area (Å²) in [5.74, 6) is 1.54. The summed E-state index contributed by atoms with van der Waals surface area (Å²) in [7, 11) is 1.64. The third kappa shape index (κ3) is 2.36. The second kappa shape index (κ2) is 4.57. The quantitative estimate of drug-likeness (QED) is 0.908. The van der Waals surface area contributed by atoms with E-state index in [2.05, 4.69) is 31.2 Å². The number of aromatic nitrogens is 2. The lowest BCUT2D eigenvalue weighted by molar-refractivity contribution is 0.412. The van der Waals surface area contributed by atoms with E-state index in [1.165, 1.54) is 0 Å². The van der Waals surface area contributed by atoms with Crippen molar-refractivity contribution in [2.45, 2.75) is 6.92 Å². The lowest BCUT2D eigenvalue weighted by Gasteiger charge is -2.06. The van der Waals surface area contributed by atoms with Crippen molar-refractivity contribution in [1.29, 1.82) is 0 Å². The van der Waals surface area contributed by atoms with E-state index in [0.29, 0.717) is 0 Å². The summed E-state index contributed by atoms with van der Waals surface area (Å²) in [6, 6.07) is 5.76. The molecule has 0 radical (unpaired) electrons. The van der Waals surface area contributed by atoms with Crippen LogP contribution in [0.4, 0.5) is 11.6 Å². The number of methoxy groups -OCH3 is 1. The summed E-state index contributed by atoms with van der Waals surface area (Å²) in [4.78, 5) is 7.27. The minimum absolute atomic E-state index is 0.731. The Hall–Kier alpha value is -1.49. The Morgan fingerprint density at radius 3 is 2.81 bits per heavy atom. The molecule has 4 nitrogen and oxygen atoms in total. The SMILES string of the molecule is COc1ccc(Nc2ncc(C)[nH]2)cc1Br. The Balaban J connectivity index is 2.19. The molecule has 2 aromatic rings. The van der Waals surface area contributed by atoms with Crippen LogP contribution in [0.25, 0.3) is 0 Å². The average Bonchev–Trinajstić information content (AvgIpc) is 2.64. The summed E-state index contributed by atoms with van der Waals surface area (Å²) >= 11 is 3.43. The molecular formula is C11H12BrN3O. The van der Waals surface area contributed by atoms with Gasteiger partial charge in [-0.1, -0.05) is 0 Å². The predicted molar refractivity (Wildman–Crippen MR) is 67.3 cm³/mol. The molecule has 2 N–H and O–H groups in total. The number of aromatic amines is 1. The number of ether oxygens (including phenoxy) is 1. The maximum atomic E-state index is 5.16. The number of benzene rings is 1. The molecule has 0 saturated carbocycles. The first-order chi connectivity index (χ1) is 7.69. The van der Waals surface area contributed by atoms with Crippen LogP contribution in [0, 0.1) is 6.92 Å². The van der Waals surface area contributed by atoms with Gasteiger partial charge in [0.2, 0.25) is 5.95 Å². The Bertz CT molecular complexity index is 496. The number of aryl methyl sites for hydroxylation is 1. The smallest absolute Gasteiger partial charge is 0.204 e. The van der Waals surface area contributed by atoms with Crippen molar-refractivity contribution in [3.8, 4) is 5.75 Å². The van der Waals surface area contributed by atoms with Crippen molar-refractivity contribution >= 4 is 27.6 Å². The van der Waals surface area contributed by atoms with E-state index >= 15 is 0 Å². The fourth-order valence-electron chi connectivity index (χ4n) is 1.36. The lowest BCUT2D eigenvalue weighted by Crippen LogP contribution is -1.93. The normalized spacial score (nSPS) is 10.2. The number of imidazole rings is 1. The topological polar surface area (TPSA) is 49.9 Å². The number of rotatable bonds is 3. The van der Waals surface area contributed by atoms with Gasteiger partial charge in [-0.25, -0.2) is 4.98 Å². The zero-order valence-corrected chi connectivity index (χ0v) is 10.6. The molecule has 84 valence electrons. The second-order valence-electron chi connectivity index (χ2n) is 3.39. The highest BCUT2D eigenvalue weighted by molar-refractivity contribution is 9.10. The second-order valence-corrected chi connectivity index (χ2v) is 4.24. The number of hydrogen-bond donors (Lipinski definition) is 2. The van der Waals surface area contributed by atoms with Gasteiger partial charge < -0.3 is 15.0 Å². The maximum Gasteiger partial charge on any atom is 0.204 e. The minimum Gasteiger partial charge on any atom is -0.496 e. The number of nitrogens with zero attached hydrogens (tertiary/aromatic N) is 1. The summed E-state index contributed by atoms with van der Waals surface area (Å²) in [5.41, 5.74) is 1.97. The summed E-state index contributed by atoms with van der Waals surface area (Å²) in [6.07, 6.45) is 1.78. The average molecular weight is 282 g/mol. The monoisotopic (exact) mass is 281 g/mol. The summed E-state index contributed by atoms with van der Waals surface area (Å²) < 4.78 is 6.06. The van der Waals surface area contributed by atoms with Crippen molar-refractivity contribution in [2.24, 2.45) is 0 Å².